The lowest BCUT2D eigenvalue weighted by atomic mass is 9.89. The van der Waals surface area contributed by atoms with Gasteiger partial charge in [0, 0.05) is 49.2 Å². The molecule has 0 radical (unpaired) electrons. The maximum absolute atomic E-state index is 16.8. The number of fused-ring (bicyclic) bond motifs is 14. The van der Waals surface area contributed by atoms with Gasteiger partial charge in [-0.2, -0.15) is 5.06 Å². The summed E-state index contributed by atoms with van der Waals surface area (Å²) in [6.07, 6.45) is -29.1. The van der Waals surface area contributed by atoms with Gasteiger partial charge in [-0.05, 0) is 112 Å². The van der Waals surface area contributed by atoms with E-state index in [1.165, 1.54) is 30.3 Å². The van der Waals surface area contributed by atoms with E-state index >= 15 is 24.0 Å². The number of halogens is 2. The molecule has 16 rings (SSSR count). The average Bonchev–Trinajstić information content (AvgIpc) is 0.758. The maximum atomic E-state index is 16.8. The predicted molar refractivity (Wildman–Crippen MR) is 412 cm³/mol. The van der Waals surface area contributed by atoms with Crippen LogP contribution in [0, 0.1) is 0 Å². The highest BCUT2D eigenvalue weighted by molar-refractivity contribution is 6.32. The number of nitrogens with two attached hydrogens (primary N) is 1. The Balaban J connectivity index is 1.05. The molecule has 42 nitrogen and oxygen atoms in total. The SMILES string of the molecule is CC(=O)N[C@H]1C(O)[C@H](O)C(CO)O[C@H]1O[C@@H]1c2ccc(c(Cl)c2)Oc2cc3cc(c2O[C@@H]2O[C@H](CO)[C@@H](O)C(O)C2N(C)O)Oc2ccc(cc2Cl)C[C@H]2NC(=O)[C@H](N)c4ccc(O)c(c4)Oc4cc(O)cc(c4)[C@H](NC2=O)C(=O)N[C@H]3C(=O)N[C@H]2C(=O)N[C@@H]1C(=O)N[C@H](C(=O)O)c1cc(O)cc(O[C@H]3OC(CO)[C@@H](O)[C@@H](O)C3O)c1-c1cc2ccc1O. The van der Waals surface area contributed by atoms with Gasteiger partial charge in [-0.15, -0.1) is 0 Å². The number of carboxylic acid groups (broad SMARTS) is 1. The number of carbonyl (C=O) groups is 8. The number of aliphatic hydroxyl groups is 10. The third-order valence-corrected chi connectivity index (χ3v) is 22.1. The van der Waals surface area contributed by atoms with Crippen LogP contribution in [0.1, 0.15) is 82.2 Å². The van der Waals surface area contributed by atoms with Crippen molar-refractivity contribution in [2.45, 2.75) is 154 Å². The van der Waals surface area contributed by atoms with Gasteiger partial charge in [0.15, 0.2) is 35.3 Å². The van der Waals surface area contributed by atoms with Crippen LogP contribution >= 0.6 is 23.2 Å². The molecule has 9 aliphatic rings. The summed E-state index contributed by atoms with van der Waals surface area (Å²) in [5.74, 6) is -18.9. The van der Waals surface area contributed by atoms with Crippen LogP contribution in [0.4, 0.5) is 0 Å². The molecule has 0 saturated carbocycles. The molecule has 17 bridgehead atoms. The van der Waals surface area contributed by atoms with E-state index in [0.717, 1.165) is 98.9 Å². The zero-order valence-electron chi connectivity index (χ0n) is 64.0. The summed E-state index contributed by atoms with van der Waals surface area (Å²) in [6, 6.07) is 0.496. The van der Waals surface area contributed by atoms with Crippen LogP contribution in [-0.2, 0) is 63.7 Å². The highest BCUT2D eigenvalue weighted by Gasteiger charge is 2.52. The molecule has 654 valence electrons. The molecule has 44 heteroatoms. The molecule has 23 atom stereocenters. The lowest BCUT2D eigenvalue weighted by Crippen LogP contribution is -2.65. The van der Waals surface area contributed by atoms with E-state index in [1.807, 2.05) is 0 Å². The number of hydroxylamine groups is 2. The monoisotopic (exact) mass is 1750 g/mol. The van der Waals surface area contributed by atoms with E-state index in [4.69, 9.17) is 71.6 Å². The Kier molecular flexibility index (Phi) is 25.5. The molecule has 9 aliphatic heterocycles. The summed E-state index contributed by atoms with van der Waals surface area (Å²) in [4.78, 5) is 123. The number of nitrogens with one attached hydrogen (secondary N) is 7. The highest BCUT2D eigenvalue weighted by atomic mass is 35.5. The van der Waals surface area contributed by atoms with Crippen molar-refractivity contribution in [3.05, 3.63) is 164 Å². The van der Waals surface area contributed by atoms with E-state index in [-0.39, 0.29) is 33.4 Å². The van der Waals surface area contributed by atoms with Gasteiger partial charge in [-0.1, -0.05) is 47.5 Å². The van der Waals surface area contributed by atoms with Gasteiger partial charge < -0.3 is 167 Å². The first-order valence-electron chi connectivity index (χ1n) is 37.7. The number of phenolic OH excluding ortho intramolecular Hbond substituents is 4. The number of hydrogen-bond donors (Lipinski definition) is 24. The van der Waals surface area contributed by atoms with Crippen LogP contribution in [0.15, 0.2) is 115 Å². The van der Waals surface area contributed by atoms with Crippen molar-refractivity contribution < 1.29 is 163 Å². The molecule has 0 aromatic heterocycles. The maximum Gasteiger partial charge on any atom is 0.330 e. The van der Waals surface area contributed by atoms with Crippen molar-refractivity contribution in [3.8, 4) is 80.1 Å². The molecule has 9 heterocycles. The van der Waals surface area contributed by atoms with Crippen LogP contribution in [0.5, 0.6) is 69.0 Å². The minimum Gasteiger partial charge on any atom is -0.508 e. The van der Waals surface area contributed by atoms with Crippen molar-refractivity contribution in [3.63, 3.8) is 0 Å². The molecule has 7 amide bonds. The zero-order chi connectivity index (χ0) is 88.3. The number of nitrogens with zero attached hydrogens (tertiary/aromatic N) is 1. The fourth-order valence-corrected chi connectivity index (χ4v) is 15.7. The first-order valence-corrected chi connectivity index (χ1v) is 38.5. The number of aromatic hydroxyl groups is 4. The molecule has 123 heavy (non-hydrogen) atoms. The van der Waals surface area contributed by atoms with Gasteiger partial charge in [0.05, 0.1) is 29.9 Å². The minimum absolute atomic E-state index is 0.0271. The Morgan fingerprint density at radius 1 is 0.520 bits per heavy atom. The van der Waals surface area contributed by atoms with Gasteiger partial charge in [0.25, 0.3) is 0 Å². The second kappa shape index (κ2) is 35.7. The molecule has 3 saturated heterocycles. The molecule has 0 spiro atoms. The Bertz CT molecular complexity index is 5310. The quantitative estimate of drug-likeness (QED) is 0.0602. The standard InChI is InChI=1S/C79H81Cl2N9O33/c1-26(94)83-58-64(102)61(99)49(23-91)119-77(58)122-68-30-6-10-44(39(81)16-30)117-48-19-32-18-47(69(48)123-78-60(90(2)114)65(103)62(100)50(24-92)120-78)116-43-9-3-27(11-38(43)80)12-40-70(106)85-55(31-13-33(95)20-35(14-31)115-45-17-28(4-8-42(45)98)53(82)71(107)84-40)73(109)87-56(32)74(110)86-54-29-5-7-41(97)36(15-29)52-37(57(76(112)113)88-75(111)59(68)89-72(54)108)21-34(96)22-46(52)118-79-67(105)66(104)63(101)51(25-93)121-79/h3-11,13-22,40,49-51,53-68,77-79,91-93,95-105,114H,12,23-25,82H2,1-2H3,(H,83,94)(H,84,107)(H,85,106)(H,86,110)(H,87,109)(H,88,111)(H,89,108)(H,112,113)/t40-,49?,50-,51?,53-,54-,55+,56-,57+,58+,59+,60?,61-,62-,63-,64?,65?,66-,67?,68-,77+,78+,79+/m1/s1. The topological polar surface area (TPSA) is 657 Å². The molecule has 7 aromatic carbocycles. The van der Waals surface area contributed by atoms with Gasteiger partial charge in [-0.3, -0.25) is 33.6 Å². The fourth-order valence-electron chi connectivity index (χ4n) is 15.2. The van der Waals surface area contributed by atoms with Crippen molar-refractivity contribution in [2.75, 3.05) is 26.9 Å². The first kappa shape index (κ1) is 87.7. The Morgan fingerprint density at radius 3 is 1.70 bits per heavy atom. The Labute approximate surface area is 703 Å². The third kappa shape index (κ3) is 17.7. The largest absolute Gasteiger partial charge is 0.508 e. The molecule has 7 aromatic rings. The van der Waals surface area contributed by atoms with E-state index in [2.05, 4.69) is 37.2 Å². The summed E-state index contributed by atoms with van der Waals surface area (Å²) < 4.78 is 56.7. The van der Waals surface area contributed by atoms with Crippen LogP contribution in [-0.4, -0.2) is 265 Å². The molecule has 0 aliphatic carbocycles. The number of likely N-dealkylation sites (N-methyl/N-ethyl adjacent to an activating group) is 1. The number of hydrogen-bond acceptors (Lipinski definition) is 34. The number of carboxylic acids is 1. The summed E-state index contributed by atoms with van der Waals surface area (Å²) >= 11 is 14.5. The first-order chi connectivity index (χ1) is 58.5. The minimum atomic E-state index is -2.58. The van der Waals surface area contributed by atoms with Crippen molar-refractivity contribution in [2.24, 2.45) is 5.73 Å². The molecular formula is C79H81Cl2N9O33. The lowest BCUT2D eigenvalue weighted by molar-refractivity contribution is -0.297. The second-order valence-electron chi connectivity index (χ2n) is 29.8. The van der Waals surface area contributed by atoms with E-state index in [0.29, 0.717) is 5.06 Å². The van der Waals surface area contributed by atoms with E-state index in [1.54, 1.807) is 0 Å². The highest BCUT2D eigenvalue weighted by Crippen LogP contribution is 2.51. The zero-order valence-corrected chi connectivity index (χ0v) is 65.5. The van der Waals surface area contributed by atoms with Gasteiger partial charge in [-0.25, -0.2) is 4.79 Å². The van der Waals surface area contributed by atoms with Crippen LogP contribution in [0.25, 0.3) is 11.1 Å². The van der Waals surface area contributed by atoms with Crippen LogP contribution < -0.4 is 66.6 Å². The van der Waals surface area contributed by atoms with Crippen LogP contribution in [0.2, 0.25) is 10.0 Å². The van der Waals surface area contributed by atoms with Crippen molar-refractivity contribution >= 4 is 70.5 Å². The van der Waals surface area contributed by atoms with Crippen molar-refractivity contribution in [1.29, 1.82) is 0 Å². The van der Waals surface area contributed by atoms with E-state index < -0.39 is 310 Å². The number of benzene rings is 7. The number of aliphatic carboxylic acids is 1. The Hall–Kier alpha value is -11.6. The van der Waals surface area contributed by atoms with Crippen LogP contribution in [0.3, 0.4) is 0 Å². The number of rotatable bonds is 12. The van der Waals surface area contributed by atoms with Crippen molar-refractivity contribution in [1.82, 2.24) is 42.3 Å². The lowest BCUT2D eigenvalue weighted by Gasteiger charge is -2.44. The summed E-state index contributed by atoms with van der Waals surface area (Å²) in [7, 11) is 1.02. The number of ether oxygens (including phenoxy) is 9. The number of aliphatic hydroxyl groups excluding tert-OH is 10. The molecule has 25 N–H and O–H groups in total. The summed E-state index contributed by atoms with van der Waals surface area (Å²) in [5.41, 5.74) is 2.75. The van der Waals surface area contributed by atoms with Gasteiger partial charge in [0.1, 0.15) is 156 Å². The predicted octanol–water partition coefficient (Wildman–Crippen LogP) is -1.77. The smallest absolute Gasteiger partial charge is 0.330 e. The molecular weight excluding hydrogens is 1670 g/mol. The number of carbonyl (C=O) groups excluding carboxylic acids is 7. The summed E-state index contributed by atoms with van der Waals surface area (Å²) in [5, 5.41) is 197. The normalized spacial score (nSPS) is 30.2. The second-order valence-corrected chi connectivity index (χ2v) is 30.6. The fraction of sp³-hybridized carbons (Fsp3) is 0.367. The van der Waals surface area contributed by atoms with Gasteiger partial charge in [0.2, 0.25) is 59.7 Å². The number of phenols is 4. The average molecular weight is 1760 g/mol. The summed E-state index contributed by atoms with van der Waals surface area (Å²) in [6.45, 7) is -2.17. The molecule has 3 fully saturated rings. The third-order valence-electron chi connectivity index (χ3n) is 21.5. The van der Waals surface area contributed by atoms with E-state index in [9.17, 15) is 96.2 Å². The van der Waals surface area contributed by atoms with Gasteiger partial charge >= 0.3 is 5.97 Å². The number of amides is 7. The molecule has 6 unspecified atom stereocenters. The Morgan fingerprint density at radius 2 is 1.07 bits per heavy atom.